The second-order valence-corrected chi connectivity index (χ2v) is 9.33. The summed E-state index contributed by atoms with van der Waals surface area (Å²) in [5.41, 5.74) is 2.66. The number of nitrogens with zero attached hydrogens (tertiary/aromatic N) is 4. The van der Waals surface area contributed by atoms with Gasteiger partial charge in [-0.05, 0) is 49.4 Å². The lowest BCUT2D eigenvalue weighted by atomic mass is 9.97. The summed E-state index contributed by atoms with van der Waals surface area (Å²) in [5.74, 6) is 2.04. The van der Waals surface area contributed by atoms with Gasteiger partial charge in [-0.2, -0.15) is 0 Å². The van der Waals surface area contributed by atoms with Gasteiger partial charge in [0.05, 0.1) is 12.5 Å². The van der Waals surface area contributed by atoms with Crippen LogP contribution in [-0.2, 0) is 19.4 Å². The van der Waals surface area contributed by atoms with Crippen molar-refractivity contribution in [3.63, 3.8) is 0 Å². The molecule has 7 heteroatoms. The van der Waals surface area contributed by atoms with E-state index in [2.05, 4.69) is 14.8 Å². The van der Waals surface area contributed by atoms with Gasteiger partial charge in [-0.1, -0.05) is 11.6 Å². The smallest absolute Gasteiger partial charge is 0.141 e. The number of hydrogen-bond acceptors (Lipinski definition) is 6. The van der Waals surface area contributed by atoms with Crippen molar-refractivity contribution in [2.24, 2.45) is 0 Å². The second kappa shape index (κ2) is 8.09. The molecule has 29 heavy (non-hydrogen) atoms. The van der Waals surface area contributed by atoms with Crippen molar-refractivity contribution in [1.29, 1.82) is 0 Å². The molecule has 5 rings (SSSR count). The SMILES string of the molecule is COc1ccc(Cl)cc1CN1CCN(c2ncnc3sc4c(c23)CCCC4)CC1. The molecule has 0 atom stereocenters. The maximum absolute atomic E-state index is 6.20. The summed E-state index contributed by atoms with van der Waals surface area (Å²) < 4.78 is 5.51. The highest BCUT2D eigenvalue weighted by Gasteiger charge is 2.25. The van der Waals surface area contributed by atoms with E-state index in [1.807, 2.05) is 29.5 Å². The van der Waals surface area contributed by atoms with Gasteiger partial charge >= 0.3 is 0 Å². The minimum Gasteiger partial charge on any atom is -0.496 e. The van der Waals surface area contributed by atoms with Crippen molar-refractivity contribution >= 4 is 39.0 Å². The van der Waals surface area contributed by atoms with E-state index in [0.29, 0.717) is 0 Å². The third-order valence-electron chi connectivity index (χ3n) is 6.04. The van der Waals surface area contributed by atoms with Crippen LogP contribution >= 0.6 is 22.9 Å². The van der Waals surface area contributed by atoms with Crippen LogP contribution in [0.1, 0.15) is 28.8 Å². The Morgan fingerprint density at radius 2 is 1.93 bits per heavy atom. The lowest BCUT2D eigenvalue weighted by Gasteiger charge is -2.36. The number of aryl methyl sites for hydroxylation is 2. The van der Waals surface area contributed by atoms with Gasteiger partial charge in [0.2, 0.25) is 0 Å². The van der Waals surface area contributed by atoms with Gasteiger partial charge in [0.15, 0.2) is 0 Å². The highest BCUT2D eigenvalue weighted by molar-refractivity contribution is 7.19. The molecule has 3 heterocycles. The fraction of sp³-hybridized carbons (Fsp3) is 0.455. The summed E-state index contributed by atoms with van der Waals surface area (Å²) in [4.78, 5) is 16.9. The van der Waals surface area contributed by atoms with Crippen LogP contribution < -0.4 is 9.64 Å². The van der Waals surface area contributed by atoms with Crippen molar-refractivity contribution in [3.05, 3.63) is 45.6 Å². The van der Waals surface area contributed by atoms with Gasteiger partial charge in [-0.3, -0.25) is 4.90 Å². The first-order valence-corrected chi connectivity index (χ1v) is 11.5. The molecule has 1 saturated heterocycles. The molecular weight excluding hydrogens is 404 g/mol. The van der Waals surface area contributed by atoms with E-state index < -0.39 is 0 Å². The normalized spacial score (nSPS) is 17.5. The van der Waals surface area contributed by atoms with Crippen molar-refractivity contribution in [2.45, 2.75) is 32.2 Å². The Balaban J connectivity index is 1.34. The quantitative estimate of drug-likeness (QED) is 0.609. The van der Waals surface area contributed by atoms with Crippen LogP contribution in [0.15, 0.2) is 24.5 Å². The molecule has 1 fully saturated rings. The molecule has 1 aromatic carbocycles. The lowest BCUT2D eigenvalue weighted by Crippen LogP contribution is -2.46. The predicted octanol–water partition coefficient (Wildman–Crippen LogP) is 4.55. The van der Waals surface area contributed by atoms with E-state index in [0.717, 1.165) is 59.7 Å². The first-order valence-electron chi connectivity index (χ1n) is 10.3. The summed E-state index contributed by atoms with van der Waals surface area (Å²) >= 11 is 8.07. The van der Waals surface area contributed by atoms with Gasteiger partial charge in [0, 0.05) is 48.2 Å². The molecule has 0 saturated carbocycles. The van der Waals surface area contributed by atoms with Gasteiger partial charge in [-0.25, -0.2) is 9.97 Å². The zero-order valence-corrected chi connectivity index (χ0v) is 18.2. The van der Waals surface area contributed by atoms with Crippen LogP contribution in [0.2, 0.25) is 5.02 Å². The summed E-state index contributed by atoms with van der Waals surface area (Å²) in [6.45, 7) is 4.78. The zero-order chi connectivity index (χ0) is 19.8. The van der Waals surface area contributed by atoms with Crippen LogP contribution in [0.5, 0.6) is 5.75 Å². The van der Waals surface area contributed by atoms with Crippen LogP contribution in [0.25, 0.3) is 10.2 Å². The third-order valence-corrected chi connectivity index (χ3v) is 7.47. The van der Waals surface area contributed by atoms with Crippen LogP contribution in [0, 0.1) is 0 Å². The average molecular weight is 429 g/mol. The Hall–Kier alpha value is -1.89. The number of rotatable bonds is 4. The monoisotopic (exact) mass is 428 g/mol. The van der Waals surface area contributed by atoms with Crippen LogP contribution in [0.3, 0.4) is 0 Å². The molecule has 0 unspecified atom stereocenters. The van der Waals surface area contributed by atoms with E-state index in [9.17, 15) is 0 Å². The summed E-state index contributed by atoms with van der Waals surface area (Å²) in [5, 5.41) is 2.07. The largest absolute Gasteiger partial charge is 0.496 e. The number of piperazine rings is 1. The van der Waals surface area contributed by atoms with Crippen molar-refractivity contribution in [3.8, 4) is 5.75 Å². The molecule has 0 bridgehead atoms. The molecule has 0 amide bonds. The topological polar surface area (TPSA) is 41.5 Å². The Morgan fingerprint density at radius 1 is 1.10 bits per heavy atom. The standard InChI is InChI=1S/C22H25ClN4OS/c1-28-18-7-6-16(23)12-15(18)13-26-8-10-27(11-9-26)21-20-17-4-2-3-5-19(17)29-22(20)25-14-24-21/h6-7,12,14H,2-5,8-11,13H2,1H3. The molecule has 0 radical (unpaired) electrons. The van der Waals surface area contributed by atoms with E-state index in [-0.39, 0.29) is 0 Å². The first-order chi connectivity index (χ1) is 14.2. The minimum absolute atomic E-state index is 0.755. The zero-order valence-electron chi connectivity index (χ0n) is 16.7. The maximum Gasteiger partial charge on any atom is 0.141 e. The Bertz CT molecular complexity index is 1030. The van der Waals surface area contributed by atoms with Gasteiger partial charge in [0.25, 0.3) is 0 Å². The Labute approximate surface area is 180 Å². The molecule has 2 aromatic heterocycles. The van der Waals surface area contributed by atoms with E-state index in [4.69, 9.17) is 21.3 Å². The molecule has 1 aliphatic carbocycles. The van der Waals surface area contributed by atoms with Crippen molar-refractivity contribution in [2.75, 3.05) is 38.2 Å². The third kappa shape index (κ3) is 3.69. The lowest BCUT2D eigenvalue weighted by molar-refractivity contribution is 0.246. The van der Waals surface area contributed by atoms with Gasteiger partial charge < -0.3 is 9.64 Å². The van der Waals surface area contributed by atoms with Crippen LogP contribution in [-0.4, -0.2) is 48.2 Å². The van der Waals surface area contributed by atoms with E-state index in [1.54, 1.807) is 13.4 Å². The highest BCUT2D eigenvalue weighted by atomic mass is 35.5. The second-order valence-electron chi connectivity index (χ2n) is 7.81. The number of methoxy groups -OCH3 is 1. The van der Waals surface area contributed by atoms with Crippen molar-refractivity contribution in [1.82, 2.24) is 14.9 Å². The van der Waals surface area contributed by atoms with Crippen molar-refractivity contribution < 1.29 is 4.74 Å². The molecule has 5 nitrogen and oxygen atoms in total. The van der Waals surface area contributed by atoms with E-state index >= 15 is 0 Å². The fourth-order valence-corrected chi connectivity index (χ4v) is 5.96. The molecule has 2 aliphatic rings. The fourth-order valence-electron chi connectivity index (χ4n) is 4.54. The van der Waals surface area contributed by atoms with E-state index in [1.165, 1.54) is 41.5 Å². The molecule has 0 spiro atoms. The number of halogens is 1. The number of aromatic nitrogens is 2. The number of anilines is 1. The molecular formula is C22H25ClN4OS. The summed E-state index contributed by atoms with van der Waals surface area (Å²) in [6.07, 6.45) is 6.69. The highest BCUT2D eigenvalue weighted by Crippen LogP contribution is 2.39. The summed E-state index contributed by atoms with van der Waals surface area (Å²) in [7, 11) is 1.71. The van der Waals surface area contributed by atoms with Crippen LogP contribution in [0.4, 0.5) is 5.82 Å². The summed E-state index contributed by atoms with van der Waals surface area (Å²) in [6, 6.07) is 5.84. The Morgan fingerprint density at radius 3 is 2.76 bits per heavy atom. The maximum atomic E-state index is 6.20. The molecule has 3 aromatic rings. The van der Waals surface area contributed by atoms with Gasteiger partial charge in [0.1, 0.15) is 22.7 Å². The number of hydrogen-bond donors (Lipinski definition) is 0. The first kappa shape index (κ1) is 19.1. The number of thiophene rings is 1. The molecule has 152 valence electrons. The number of benzene rings is 1. The molecule has 1 aliphatic heterocycles. The minimum atomic E-state index is 0.755. The van der Waals surface area contributed by atoms with Gasteiger partial charge in [-0.15, -0.1) is 11.3 Å². The number of ether oxygens (including phenoxy) is 1. The average Bonchev–Trinajstić information content (AvgIpc) is 3.13. The number of fused-ring (bicyclic) bond motifs is 3. The molecule has 0 N–H and O–H groups in total. The Kier molecular flexibility index (Phi) is 5.33. The predicted molar refractivity (Wildman–Crippen MR) is 120 cm³/mol.